The number of allylic oxidation sites excluding steroid dienone is 2. The molecular formula is C22H26FN5O2. The van der Waals surface area contributed by atoms with Crippen LogP contribution in [0.1, 0.15) is 49.6 Å². The van der Waals surface area contributed by atoms with Gasteiger partial charge in [0.25, 0.3) is 5.91 Å². The molecule has 8 heteroatoms. The molecule has 1 aliphatic heterocycles. The molecule has 2 amide bonds. The van der Waals surface area contributed by atoms with E-state index in [0.717, 1.165) is 5.57 Å². The van der Waals surface area contributed by atoms with Gasteiger partial charge in [0, 0.05) is 13.1 Å². The summed E-state index contributed by atoms with van der Waals surface area (Å²) in [6.45, 7) is 8.16. The van der Waals surface area contributed by atoms with Crippen LogP contribution in [0.5, 0.6) is 0 Å². The maximum Gasteiger partial charge on any atom is 0.272 e. The molecule has 30 heavy (non-hydrogen) atoms. The smallest absolute Gasteiger partial charge is 0.272 e. The van der Waals surface area contributed by atoms with Crippen LogP contribution in [-0.4, -0.2) is 51.0 Å². The van der Waals surface area contributed by atoms with Crippen LogP contribution < -0.4 is 5.32 Å². The topological polar surface area (TPSA) is 102 Å². The number of rotatable bonds is 5. The number of amides is 2. The van der Waals surface area contributed by atoms with Crippen LogP contribution >= 0.6 is 0 Å². The molecule has 0 bridgehead atoms. The minimum Gasteiger partial charge on any atom is -0.352 e. The summed E-state index contributed by atoms with van der Waals surface area (Å²) in [5.41, 5.74) is 0.879. The van der Waals surface area contributed by atoms with E-state index in [-0.39, 0.29) is 35.0 Å². The van der Waals surface area contributed by atoms with E-state index < -0.39 is 5.54 Å². The fraction of sp³-hybridized carbons (Fsp3) is 0.364. The Morgan fingerprint density at radius 3 is 2.60 bits per heavy atom. The summed E-state index contributed by atoms with van der Waals surface area (Å²) in [5, 5.41) is 11.1. The number of nitrogens with zero attached hydrogens (tertiary/aromatic N) is 2. The molecule has 7 nitrogen and oxygen atoms in total. The number of aromatic amines is 1. The van der Waals surface area contributed by atoms with Gasteiger partial charge in [0.05, 0.1) is 11.9 Å². The maximum atomic E-state index is 13.2. The average molecular weight is 411 g/mol. The summed E-state index contributed by atoms with van der Waals surface area (Å²) < 4.78 is 13.2. The van der Waals surface area contributed by atoms with Crippen LogP contribution in [0.3, 0.4) is 0 Å². The van der Waals surface area contributed by atoms with Crippen LogP contribution in [0.15, 0.2) is 36.5 Å². The van der Waals surface area contributed by atoms with E-state index in [4.69, 9.17) is 5.41 Å². The van der Waals surface area contributed by atoms with E-state index in [0.29, 0.717) is 24.5 Å². The Kier molecular flexibility index (Phi) is 5.87. The highest BCUT2D eigenvalue weighted by molar-refractivity contribution is 6.10. The van der Waals surface area contributed by atoms with Gasteiger partial charge in [0.1, 0.15) is 22.9 Å². The summed E-state index contributed by atoms with van der Waals surface area (Å²) in [4.78, 5) is 34.1. The molecule has 1 fully saturated rings. The van der Waals surface area contributed by atoms with Gasteiger partial charge in [-0.25, -0.2) is 9.37 Å². The molecule has 3 N–H and O–H groups in total. The fourth-order valence-corrected chi connectivity index (χ4v) is 3.35. The molecule has 0 aliphatic carbocycles. The SMILES string of the molecule is CC(C)/C(=C/C(=N)c1ccc(F)cc1)c1ncc(C(=O)N2CCNC(=O)C2(C)C)[nH]1. The average Bonchev–Trinajstić information content (AvgIpc) is 3.17. The van der Waals surface area contributed by atoms with Crippen LogP contribution in [0.25, 0.3) is 5.57 Å². The number of piperazine rings is 1. The molecule has 2 aromatic rings. The van der Waals surface area contributed by atoms with Crippen molar-refractivity contribution in [2.45, 2.75) is 33.2 Å². The zero-order chi connectivity index (χ0) is 22.1. The van der Waals surface area contributed by atoms with Gasteiger partial charge in [-0.15, -0.1) is 0 Å². The lowest BCUT2D eigenvalue weighted by atomic mass is 9.98. The molecule has 0 radical (unpaired) electrons. The quantitative estimate of drug-likeness (QED) is 0.659. The summed E-state index contributed by atoms with van der Waals surface area (Å²) in [6, 6.07) is 5.72. The monoisotopic (exact) mass is 411 g/mol. The molecule has 0 saturated carbocycles. The molecule has 3 rings (SSSR count). The predicted octanol–water partition coefficient (Wildman–Crippen LogP) is 3.01. The van der Waals surface area contributed by atoms with Gasteiger partial charge in [0.15, 0.2) is 0 Å². The van der Waals surface area contributed by atoms with Gasteiger partial charge in [0.2, 0.25) is 5.91 Å². The van der Waals surface area contributed by atoms with Crippen molar-refractivity contribution in [1.82, 2.24) is 20.2 Å². The highest BCUT2D eigenvalue weighted by Crippen LogP contribution is 2.24. The standard InChI is InChI=1S/C22H26FN5O2/c1-13(2)16(11-17(24)14-5-7-15(23)8-6-14)19-26-12-18(27-19)20(29)28-10-9-25-21(30)22(28,3)4/h5-8,11-13,24H,9-10H2,1-4H3,(H,25,30)(H,26,27)/b16-11-,24-17?. The van der Waals surface area contributed by atoms with E-state index >= 15 is 0 Å². The molecule has 2 heterocycles. The number of hydrogen-bond donors (Lipinski definition) is 3. The van der Waals surface area contributed by atoms with Crippen molar-refractivity contribution >= 4 is 23.1 Å². The first-order valence-electron chi connectivity index (χ1n) is 9.83. The summed E-state index contributed by atoms with van der Waals surface area (Å²) >= 11 is 0. The number of nitrogens with one attached hydrogen (secondary N) is 3. The first-order valence-corrected chi connectivity index (χ1v) is 9.83. The minimum atomic E-state index is -0.956. The minimum absolute atomic E-state index is 0.0251. The first-order chi connectivity index (χ1) is 14.1. The molecule has 1 aliphatic rings. The number of carbonyl (C=O) groups excluding carboxylic acids is 2. The molecule has 1 aromatic carbocycles. The van der Waals surface area contributed by atoms with E-state index in [2.05, 4.69) is 15.3 Å². The van der Waals surface area contributed by atoms with Crippen molar-refractivity contribution < 1.29 is 14.0 Å². The molecule has 158 valence electrons. The Hall–Kier alpha value is -3.29. The number of carbonyl (C=O) groups is 2. The van der Waals surface area contributed by atoms with Crippen molar-refractivity contribution in [1.29, 1.82) is 5.41 Å². The Morgan fingerprint density at radius 1 is 1.30 bits per heavy atom. The fourth-order valence-electron chi connectivity index (χ4n) is 3.35. The summed E-state index contributed by atoms with van der Waals surface area (Å²) in [7, 11) is 0. The lowest BCUT2D eigenvalue weighted by molar-refractivity contribution is -0.133. The third kappa shape index (κ3) is 4.17. The number of imidazole rings is 1. The Balaban J connectivity index is 1.88. The normalized spacial score (nSPS) is 16.5. The third-order valence-corrected chi connectivity index (χ3v) is 5.25. The van der Waals surface area contributed by atoms with E-state index in [9.17, 15) is 14.0 Å². The van der Waals surface area contributed by atoms with Crippen molar-refractivity contribution in [3.63, 3.8) is 0 Å². The first kappa shape index (κ1) is 21.4. The van der Waals surface area contributed by atoms with E-state index in [1.165, 1.54) is 23.2 Å². The second-order valence-corrected chi connectivity index (χ2v) is 8.09. The van der Waals surface area contributed by atoms with Crippen LogP contribution in [0.4, 0.5) is 4.39 Å². The van der Waals surface area contributed by atoms with E-state index in [1.54, 1.807) is 32.1 Å². The maximum absolute atomic E-state index is 13.2. The van der Waals surface area contributed by atoms with Gasteiger partial charge in [-0.1, -0.05) is 13.8 Å². The molecule has 1 aromatic heterocycles. The number of H-pyrrole nitrogens is 1. The molecule has 0 atom stereocenters. The Morgan fingerprint density at radius 2 is 1.97 bits per heavy atom. The largest absolute Gasteiger partial charge is 0.352 e. The highest BCUT2D eigenvalue weighted by Gasteiger charge is 2.41. The van der Waals surface area contributed by atoms with Crippen molar-refractivity contribution in [3.05, 3.63) is 59.4 Å². The molecular weight excluding hydrogens is 385 g/mol. The third-order valence-electron chi connectivity index (χ3n) is 5.25. The highest BCUT2D eigenvalue weighted by atomic mass is 19.1. The predicted molar refractivity (Wildman–Crippen MR) is 113 cm³/mol. The second kappa shape index (κ2) is 8.22. The van der Waals surface area contributed by atoms with E-state index in [1.807, 2.05) is 13.8 Å². The van der Waals surface area contributed by atoms with Crippen LogP contribution in [0, 0.1) is 17.1 Å². The van der Waals surface area contributed by atoms with Gasteiger partial charge >= 0.3 is 0 Å². The lowest BCUT2D eigenvalue weighted by Crippen LogP contribution is -2.63. The van der Waals surface area contributed by atoms with Crippen molar-refractivity contribution in [2.75, 3.05) is 13.1 Å². The second-order valence-electron chi connectivity index (χ2n) is 8.09. The zero-order valence-corrected chi connectivity index (χ0v) is 17.5. The van der Waals surface area contributed by atoms with Gasteiger partial charge in [-0.2, -0.15) is 0 Å². The van der Waals surface area contributed by atoms with Gasteiger partial charge in [-0.05, 0) is 61.2 Å². The Labute approximate surface area is 174 Å². The van der Waals surface area contributed by atoms with Crippen LogP contribution in [0.2, 0.25) is 0 Å². The Bertz CT molecular complexity index is 1000. The van der Waals surface area contributed by atoms with Gasteiger partial charge < -0.3 is 20.6 Å². The summed E-state index contributed by atoms with van der Waals surface area (Å²) in [5.74, 6) is -0.345. The number of aromatic nitrogens is 2. The van der Waals surface area contributed by atoms with Crippen molar-refractivity contribution in [3.8, 4) is 0 Å². The van der Waals surface area contributed by atoms with Crippen LogP contribution in [-0.2, 0) is 4.79 Å². The number of benzene rings is 1. The molecule has 0 spiro atoms. The molecule has 1 saturated heterocycles. The number of hydrogen-bond acceptors (Lipinski definition) is 4. The summed E-state index contributed by atoms with van der Waals surface area (Å²) in [6.07, 6.45) is 3.13. The van der Waals surface area contributed by atoms with Crippen molar-refractivity contribution in [2.24, 2.45) is 5.92 Å². The molecule has 0 unspecified atom stereocenters. The number of halogens is 1. The lowest BCUT2D eigenvalue weighted by Gasteiger charge is -2.40. The zero-order valence-electron chi connectivity index (χ0n) is 17.5. The van der Waals surface area contributed by atoms with Gasteiger partial charge in [-0.3, -0.25) is 9.59 Å².